The lowest BCUT2D eigenvalue weighted by molar-refractivity contribution is -0.187. The molecule has 216 valence electrons. The maximum Gasteiger partial charge on any atom is 0.358 e. The van der Waals surface area contributed by atoms with Crippen molar-refractivity contribution in [2.24, 2.45) is 28.1 Å². The highest BCUT2D eigenvalue weighted by molar-refractivity contribution is 7.79. The Hall–Kier alpha value is -2.84. The molecule has 1 spiro atoms. The molecular formula is C27H30O12S. The van der Waals surface area contributed by atoms with E-state index in [9.17, 15) is 29.7 Å². The summed E-state index contributed by atoms with van der Waals surface area (Å²) in [5.74, 6) is -4.20. The number of cyclic esters (lactones) is 1. The molecule has 6 unspecified atom stereocenters. The molecule has 5 aliphatic rings. The molecule has 4 aliphatic heterocycles. The normalized spacial score (nSPS) is 44.0. The SMILES string of the molecule is C[C@@H]1C(=O)OC([C@H](O)C23C4OC5OC(=O)[C@H](OC(=S)Oc6ccccc6)C52[C@H](C(C)(C)C)[C@@H](O)C3OC4=O)[C@@H]1O. The number of hydrogen-bond donors (Lipinski definition) is 3. The molecule has 13 heteroatoms. The average Bonchev–Trinajstić information content (AvgIpc) is 3.57. The van der Waals surface area contributed by atoms with E-state index in [-0.39, 0.29) is 0 Å². The summed E-state index contributed by atoms with van der Waals surface area (Å²) in [5.41, 5.74) is -4.58. The number of benzene rings is 1. The van der Waals surface area contributed by atoms with Crippen molar-refractivity contribution in [1.29, 1.82) is 0 Å². The highest BCUT2D eigenvalue weighted by atomic mass is 32.1. The Kier molecular flexibility index (Phi) is 6.03. The Morgan fingerprint density at radius 3 is 2.27 bits per heavy atom. The molecule has 12 nitrogen and oxygen atoms in total. The topological polar surface area (TPSA) is 167 Å². The number of carbonyl (C=O) groups excluding carboxylic acids is 3. The summed E-state index contributed by atoms with van der Waals surface area (Å²) in [4.78, 5) is 39.1. The van der Waals surface area contributed by atoms with E-state index >= 15 is 0 Å². The van der Waals surface area contributed by atoms with Crippen LogP contribution in [-0.2, 0) is 38.1 Å². The molecule has 1 aliphatic carbocycles. The van der Waals surface area contributed by atoms with E-state index in [1.54, 1.807) is 51.1 Å². The summed E-state index contributed by atoms with van der Waals surface area (Å²) < 4.78 is 34.3. The zero-order valence-electron chi connectivity index (χ0n) is 22.1. The quantitative estimate of drug-likeness (QED) is 0.253. The van der Waals surface area contributed by atoms with Gasteiger partial charge in [-0.3, -0.25) is 4.79 Å². The number of ether oxygens (including phenoxy) is 6. The number of rotatable bonds is 4. The molecule has 1 aromatic rings. The number of hydrogen-bond acceptors (Lipinski definition) is 13. The molecule has 0 amide bonds. The molecule has 5 fully saturated rings. The summed E-state index contributed by atoms with van der Waals surface area (Å²) in [6, 6.07) is 8.43. The standard InChI is InChI=1S/C27H30O12S/c1-10-12(28)14(35-20(10)31)16(30)27-17-13(29)15(25(2,3)4)26(27)18(38-24(40)34-11-8-6-5-7-9-11)22(33)39-23(26)37-19(27)21(32)36-17/h5-10,12-19,23,28-30H,1-4H3/t10-,12+,13+,14?,15-,16-,17?,18-,19?,23?,26?,27?/m0/s1. The second-order valence-corrected chi connectivity index (χ2v) is 12.5. The van der Waals surface area contributed by atoms with Crippen LogP contribution < -0.4 is 4.74 Å². The summed E-state index contributed by atoms with van der Waals surface area (Å²) in [6.07, 6.45) is -12.4. The van der Waals surface area contributed by atoms with Gasteiger partial charge in [0.1, 0.15) is 29.5 Å². The molecule has 3 N–H and O–H groups in total. The van der Waals surface area contributed by atoms with E-state index in [0.29, 0.717) is 5.75 Å². The van der Waals surface area contributed by atoms with Gasteiger partial charge in [-0.2, -0.15) is 0 Å². The van der Waals surface area contributed by atoms with Crippen LogP contribution in [0.3, 0.4) is 0 Å². The third-order valence-corrected chi connectivity index (χ3v) is 9.34. The monoisotopic (exact) mass is 578 g/mol. The lowest BCUT2D eigenvalue weighted by atomic mass is 9.52. The Balaban J connectivity index is 1.52. The van der Waals surface area contributed by atoms with Crippen molar-refractivity contribution in [3.63, 3.8) is 0 Å². The summed E-state index contributed by atoms with van der Waals surface area (Å²) >= 11 is 5.33. The summed E-state index contributed by atoms with van der Waals surface area (Å²) in [7, 11) is 0. The van der Waals surface area contributed by atoms with E-state index in [1.807, 2.05) is 0 Å². The fraction of sp³-hybridized carbons (Fsp3) is 0.630. The second kappa shape index (κ2) is 8.83. The second-order valence-electron chi connectivity index (χ2n) is 12.1. The first-order chi connectivity index (χ1) is 18.8. The lowest BCUT2D eigenvalue weighted by Crippen LogP contribution is -2.65. The molecule has 0 radical (unpaired) electrons. The largest absolute Gasteiger partial charge is 0.457 e. The maximum atomic E-state index is 13.5. The van der Waals surface area contributed by atoms with Crippen LogP contribution in [0.4, 0.5) is 0 Å². The third-order valence-electron chi connectivity index (χ3n) is 9.16. The smallest absolute Gasteiger partial charge is 0.358 e. The Morgan fingerprint density at radius 1 is 1.00 bits per heavy atom. The molecule has 12 atom stereocenters. The predicted octanol–water partition coefficient (Wildman–Crippen LogP) is 0.235. The highest BCUT2D eigenvalue weighted by Gasteiger charge is 2.94. The van der Waals surface area contributed by atoms with Crippen LogP contribution in [0.5, 0.6) is 5.75 Å². The van der Waals surface area contributed by atoms with Gasteiger partial charge in [0.05, 0.1) is 17.4 Å². The van der Waals surface area contributed by atoms with E-state index in [1.165, 1.54) is 6.92 Å². The number of aliphatic hydroxyl groups excluding tert-OH is 3. The maximum absolute atomic E-state index is 13.5. The van der Waals surface area contributed by atoms with Gasteiger partial charge in [-0.05, 0) is 24.5 Å². The molecule has 0 aromatic heterocycles. The van der Waals surface area contributed by atoms with E-state index < -0.39 is 100 Å². The van der Waals surface area contributed by atoms with Crippen LogP contribution >= 0.6 is 12.2 Å². The van der Waals surface area contributed by atoms with Crippen LogP contribution in [0.25, 0.3) is 0 Å². The molecule has 4 heterocycles. The van der Waals surface area contributed by atoms with Gasteiger partial charge in [0, 0.05) is 18.1 Å². The van der Waals surface area contributed by atoms with Crippen LogP contribution in [0, 0.1) is 28.1 Å². The first-order valence-electron chi connectivity index (χ1n) is 13.0. The lowest BCUT2D eigenvalue weighted by Gasteiger charge is -2.48. The van der Waals surface area contributed by atoms with Gasteiger partial charge in [0.15, 0.2) is 12.2 Å². The molecule has 1 saturated carbocycles. The first kappa shape index (κ1) is 27.3. The number of para-hydroxylation sites is 1. The van der Waals surface area contributed by atoms with Gasteiger partial charge < -0.3 is 43.7 Å². The van der Waals surface area contributed by atoms with Crippen molar-refractivity contribution in [3.8, 4) is 5.75 Å². The van der Waals surface area contributed by atoms with Gasteiger partial charge in [-0.1, -0.05) is 39.0 Å². The van der Waals surface area contributed by atoms with E-state index in [0.717, 1.165) is 0 Å². The Bertz CT molecular complexity index is 1260. The van der Waals surface area contributed by atoms with Crippen LogP contribution in [0.15, 0.2) is 30.3 Å². The molecule has 0 bridgehead atoms. The minimum atomic E-state index is -1.96. The number of aliphatic hydroxyl groups is 3. The van der Waals surface area contributed by atoms with Crippen molar-refractivity contribution in [3.05, 3.63) is 30.3 Å². The molecule has 40 heavy (non-hydrogen) atoms. The zero-order valence-corrected chi connectivity index (χ0v) is 22.9. The van der Waals surface area contributed by atoms with E-state index in [4.69, 9.17) is 40.6 Å². The van der Waals surface area contributed by atoms with Gasteiger partial charge >= 0.3 is 23.1 Å². The number of thiocarbonyl (C=S) groups is 1. The highest BCUT2D eigenvalue weighted by Crippen LogP contribution is 2.76. The summed E-state index contributed by atoms with van der Waals surface area (Å²) in [5, 5.41) is 34.3. The first-order valence-corrected chi connectivity index (χ1v) is 13.4. The molecule has 6 rings (SSSR count). The van der Waals surface area contributed by atoms with Crippen LogP contribution in [0.1, 0.15) is 27.7 Å². The van der Waals surface area contributed by atoms with Crippen molar-refractivity contribution in [1.82, 2.24) is 0 Å². The number of carbonyl (C=O) groups is 3. The van der Waals surface area contributed by atoms with Crippen LogP contribution in [0.2, 0.25) is 0 Å². The van der Waals surface area contributed by atoms with Gasteiger partial charge in [0.25, 0.3) is 0 Å². The fourth-order valence-electron chi connectivity index (χ4n) is 7.85. The fourth-order valence-corrected chi connectivity index (χ4v) is 8.05. The van der Waals surface area contributed by atoms with Crippen molar-refractivity contribution >= 4 is 35.4 Å². The molecular weight excluding hydrogens is 548 g/mol. The van der Waals surface area contributed by atoms with E-state index in [2.05, 4.69) is 0 Å². The van der Waals surface area contributed by atoms with Crippen molar-refractivity contribution < 1.29 is 58.1 Å². The summed E-state index contributed by atoms with van der Waals surface area (Å²) in [6.45, 7) is 6.84. The van der Waals surface area contributed by atoms with Crippen LogP contribution in [-0.4, -0.2) is 87.5 Å². The predicted molar refractivity (Wildman–Crippen MR) is 134 cm³/mol. The minimum Gasteiger partial charge on any atom is -0.457 e. The minimum absolute atomic E-state index is 0.328. The van der Waals surface area contributed by atoms with Gasteiger partial charge in [-0.15, -0.1) is 0 Å². The number of esters is 3. The van der Waals surface area contributed by atoms with Crippen molar-refractivity contribution in [2.45, 2.75) is 76.7 Å². The Labute approximate surface area is 234 Å². The molecule has 1 aromatic carbocycles. The average molecular weight is 579 g/mol. The van der Waals surface area contributed by atoms with Gasteiger partial charge in [0.2, 0.25) is 12.4 Å². The molecule has 4 saturated heterocycles. The van der Waals surface area contributed by atoms with Gasteiger partial charge in [-0.25, -0.2) is 9.59 Å². The Morgan fingerprint density at radius 2 is 1.68 bits per heavy atom. The zero-order chi connectivity index (χ0) is 28.9. The van der Waals surface area contributed by atoms with Crippen molar-refractivity contribution in [2.75, 3.05) is 0 Å². The third kappa shape index (κ3) is 3.26.